The second kappa shape index (κ2) is 5.70. The van der Waals surface area contributed by atoms with Crippen molar-refractivity contribution in [2.75, 3.05) is 26.8 Å². The molecule has 0 spiro atoms. The van der Waals surface area contributed by atoms with Crippen LogP contribution in [-0.2, 0) is 14.3 Å². The van der Waals surface area contributed by atoms with Crippen molar-refractivity contribution in [1.82, 2.24) is 4.90 Å². The van der Waals surface area contributed by atoms with Gasteiger partial charge in [-0.2, -0.15) is 0 Å². The molecule has 1 aliphatic rings. The van der Waals surface area contributed by atoms with Gasteiger partial charge in [-0.1, -0.05) is 0 Å². The number of rotatable bonds is 2. The van der Waals surface area contributed by atoms with Gasteiger partial charge in [-0.15, -0.1) is 12.4 Å². The fourth-order valence-corrected chi connectivity index (χ4v) is 0.812. The second-order valence-corrected chi connectivity index (χ2v) is 2.52. The van der Waals surface area contributed by atoms with E-state index in [1.54, 1.807) is 11.9 Å². The number of carbonyl (C=O) groups is 1. The van der Waals surface area contributed by atoms with Gasteiger partial charge in [0.05, 0.1) is 0 Å². The van der Waals surface area contributed by atoms with E-state index < -0.39 is 0 Å². The van der Waals surface area contributed by atoms with Crippen molar-refractivity contribution in [3.05, 3.63) is 12.0 Å². The third-order valence-electron chi connectivity index (χ3n) is 1.68. The van der Waals surface area contributed by atoms with Crippen molar-refractivity contribution in [3.63, 3.8) is 0 Å². The van der Waals surface area contributed by atoms with Crippen LogP contribution in [0.5, 0.6) is 0 Å². The van der Waals surface area contributed by atoms with Gasteiger partial charge < -0.3 is 14.4 Å². The molecule has 0 unspecified atom stereocenters. The van der Waals surface area contributed by atoms with Crippen molar-refractivity contribution >= 4 is 18.3 Å². The Hall–Kier alpha value is -0.900. The van der Waals surface area contributed by atoms with Crippen LogP contribution in [0.1, 0.15) is 6.92 Å². The number of nitrogens with zero attached hydrogens (tertiary/aromatic N) is 1. The van der Waals surface area contributed by atoms with Gasteiger partial charge in [0.25, 0.3) is 5.91 Å². The maximum atomic E-state index is 11.4. The van der Waals surface area contributed by atoms with Crippen LogP contribution in [0.15, 0.2) is 12.0 Å². The number of hydrogen-bond acceptors (Lipinski definition) is 3. The zero-order valence-corrected chi connectivity index (χ0v) is 8.60. The molecule has 0 aromatic rings. The maximum absolute atomic E-state index is 11.4. The topological polar surface area (TPSA) is 38.8 Å². The highest BCUT2D eigenvalue weighted by atomic mass is 35.5. The number of amides is 1. The summed E-state index contributed by atoms with van der Waals surface area (Å²) in [5.41, 5.74) is 0. The molecule has 0 radical (unpaired) electrons. The lowest BCUT2D eigenvalue weighted by molar-refractivity contribution is -0.130. The molecule has 0 aromatic heterocycles. The van der Waals surface area contributed by atoms with E-state index in [2.05, 4.69) is 0 Å². The molecule has 76 valence electrons. The van der Waals surface area contributed by atoms with E-state index in [4.69, 9.17) is 9.47 Å². The number of halogens is 1. The first-order valence-electron chi connectivity index (χ1n) is 3.95. The van der Waals surface area contributed by atoms with Crippen LogP contribution < -0.4 is 0 Å². The Morgan fingerprint density at radius 2 is 2.31 bits per heavy atom. The lowest BCUT2D eigenvalue weighted by Gasteiger charge is -2.19. The molecule has 1 amide bonds. The molecule has 0 aromatic carbocycles. The summed E-state index contributed by atoms with van der Waals surface area (Å²) in [6, 6.07) is 0. The summed E-state index contributed by atoms with van der Waals surface area (Å²) >= 11 is 0. The third-order valence-corrected chi connectivity index (χ3v) is 1.68. The molecule has 0 saturated heterocycles. The molecular formula is C8H14ClNO3. The van der Waals surface area contributed by atoms with Gasteiger partial charge in [-0.25, -0.2) is 0 Å². The number of hydrogen-bond donors (Lipinski definition) is 0. The van der Waals surface area contributed by atoms with Crippen LogP contribution in [0, 0.1) is 0 Å². The Labute approximate surface area is 83.9 Å². The average Bonchev–Trinajstić information content (AvgIpc) is 2.17. The summed E-state index contributed by atoms with van der Waals surface area (Å²) in [5, 5.41) is 0. The normalized spacial score (nSPS) is 14.5. The van der Waals surface area contributed by atoms with Gasteiger partial charge in [-0.05, 0) is 6.92 Å². The lowest BCUT2D eigenvalue weighted by atomic mass is 10.4. The molecule has 0 aliphatic carbocycles. The summed E-state index contributed by atoms with van der Waals surface area (Å²) in [6.45, 7) is 3.55. The maximum Gasteiger partial charge on any atom is 0.291 e. The van der Waals surface area contributed by atoms with Gasteiger partial charge in [0.15, 0.2) is 0 Å². The number of ether oxygens (including phenoxy) is 2. The first-order valence-corrected chi connectivity index (χ1v) is 3.95. The molecule has 0 atom stereocenters. The first-order chi connectivity index (χ1) is 5.75. The fraction of sp³-hybridized carbons (Fsp3) is 0.625. The molecule has 0 N–H and O–H groups in total. The minimum absolute atomic E-state index is 0. The van der Waals surface area contributed by atoms with Gasteiger partial charge in [0.2, 0.25) is 5.76 Å². The molecule has 4 nitrogen and oxygen atoms in total. The predicted octanol–water partition coefficient (Wildman–Crippen LogP) is 0.775. The highest BCUT2D eigenvalue weighted by molar-refractivity contribution is 5.91. The van der Waals surface area contributed by atoms with E-state index in [0.717, 1.165) is 0 Å². The SMILES string of the molecule is CCN(C)C(=O)C1=COCCO1.Cl. The Balaban J connectivity index is 0.00000144. The highest BCUT2D eigenvalue weighted by Crippen LogP contribution is 2.06. The fourth-order valence-electron chi connectivity index (χ4n) is 0.812. The summed E-state index contributed by atoms with van der Waals surface area (Å²) in [7, 11) is 1.72. The summed E-state index contributed by atoms with van der Waals surface area (Å²) in [6.07, 6.45) is 1.37. The standard InChI is InChI=1S/C8H13NO3.ClH/c1-3-9(2)8(10)7-6-11-4-5-12-7;/h6H,3-5H2,1-2H3;1H. The Morgan fingerprint density at radius 3 is 2.77 bits per heavy atom. The van der Waals surface area contributed by atoms with Crippen molar-refractivity contribution in [1.29, 1.82) is 0 Å². The quantitative estimate of drug-likeness (QED) is 0.672. The zero-order valence-electron chi connectivity index (χ0n) is 7.78. The summed E-state index contributed by atoms with van der Waals surface area (Å²) < 4.78 is 10.1. The molecule has 5 heteroatoms. The van der Waals surface area contributed by atoms with Crippen LogP contribution in [0.2, 0.25) is 0 Å². The lowest BCUT2D eigenvalue weighted by Crippen LogP contribution is -2.30. The van der Waals surface area contributed by atoms with E-state index in [1.807, 2.05) is 6.92 Å². The van der Waals surface area contributed by atoms with Crippen molar-refractivity contribution in [2.24, 2.45) is 0 Å². The zero-order chi connectivity index (χ0) is 8.97. The van der Waals surface area contributed by atoms with Crippen LogP contribution in [0.4, 0.5) is 0 Å². The van der Waals surface area contributed by atoms with Crippen LogP contribution in [0.25, 0.3) is 0 Å². The summed E-state index contributed by atoms with van der Waals surface area (Å²) in [4.78, 5) is 13.0. The first kappa shape index (κ1) is 12.1. The molecule has 13 heavy (non-hydrogen) atoms. The third kappa shape index (κ3) is 3.14. The van der Waals surface area contributed by atoms with E-state index >= 15 is 0 Å². The largest absolute Gasteiger partial charge is 0.494 e. The van der Waals surface area contributed by atoms with E-state index in [1.165, 1.54) is 6.26 Å². The highest BCUT2D eigenvalue weighted by Gasteiger charge is 2.17. The minimum Gasteiger partial charge on any atom is -0.494 e. The van der Waals surface area contributed by atoms with E-state index in [9.17, 15) is 4.79 Å². The van der Waals surface area contributed by atoms with E-state index in [-0.39, 0.29) is 18.3 Å². The molecule has 1 heterocycles. The second-order valence-electron chi connectivity index (χ2n) is 2.52. The summed E-state index contributed by atoms with van der Waals surface area (Å²) in [5.74, 6) is 0.169. The Morgan fingerprint density at radius 1 is 1.62 bits per heavy atom. The average molecular weight is 208 g/mol. The molecule has 0 saturated carbocycles. The van der Waals surface area contributed by atoms with Gasteiger partial charge in [-0.3, -0.25) is 4.79 Å². The van der Waals surface area contributed by atoms with Gasteiger partial charge in [0.1, 0.15) is 19.5 Å². The Bertz CT molecular complexity index is 206. The smallest absolute Gasteiger partial charge is 0.291 e. The number of carbonyl (C=O) groups excluding carboxylic acids is 1. The molecule has 0 bridgehead atoms. The monoisotopic (exact) mass is 207 g/mol. The van der Waals surface area contributed by atoms with E-state index in [0.29, 0.717) is 25.5 Å². The van der Waals surface area contributed by atoms with Crippen LogP contribution >= 0.6 is 12.4 Å². The Kier molecular flexibility index (Phi) is 5.30. The van der Waals surface area contributed by atoms with Crippen molar-refractivity contribution in [2.45, 2.75) is 6.92 Å². The molecule has 0 fully saturated rings. The van der Waals surface area contributed by atoms with Crippen molar-refractivity contribution in [3.8, 4) is 0 Å². The van der Waals surface area contributed by atoms with Crippen LogP contribution in [-0.4, -0.2) is 37.6 Å². The van der Waals surface area contributed by atoms with Crippen molar-refractivity contribution < 1.29 is 14.3 Å². The van der Waals surface area contributed by atoms with Crippen LogP contribution in [0.3, 0.4) is 0 Å². The molecule has 1 aliphatic heterocycles. The van der Waals surface area contributed by atoms with Gasteiger partial charge >= 0.3 is 0 Å². The minimum atomic E-state index is -0.128. The molecular weight excluding hydrogens is 194 g/mol. The van der Waals surface area contributed by atoms with Gasteiger partial charge in [0, 0.05) is 13.6 Å². The predicted molar refractivity (Wildman–Crippen MR) is 50.5 cm³/mol. The molecule has 1 rings (SSSR count). The number of likely N-dealkylation sites (N-methyl/N-ethyl adjacent to an activating group) is 1.